The molecule has 0 spiro atoms. The third-order valence-corrected chi connectivity index (χ3v) is 2.54. The molecule has 86 valence electrons. The fourth-order valence-electron chi connectivity index (χ4n) is 1.02. The average molecular weight is 288 g/mol. The van der Waals surface area contributed by atoms with Crippen LogP contribution in [0.5, 0.6) is 0 Å². The molecule has 0 heterocycles. The Morgan fingerprint density at radius 1 is 1.56 bits per heavy atom. The van der Waals surface area contributed by atoms with E-state index in [2.05, 4.69) is 26.6 Å². The summed E-state index contributed by atoms with van der Waals surface area (Å²) in [6, 6.07) is 4.30. The lowest BCUT2D eigenvalue weighted by atomic mass is 10.3. The van der Waals surface area contributed by atoms with Gasteiger partial charge in [0.1, 0.15) is 0 Å². The van der Waals surface area contributed by atoms with E-state index >= 15 is 0 Å². The Labute approximate surface area is 100 Å². The number of nitrogens with one attached hydrogen (secondary N) is 2. The molecular weight excluding hydrogens is 278 g/mol. The molecule has 6 nitrogen and oxygen atoms in total. The molecule has 0 radical (unpaired) electrons. The third kappa shape index (κ3) is 3.20. The van der Waals surface area contributed by atoms with Crippen molar-refractivity contribution in [1.82, 2.24) is 5.32 Å². The van der Waals surface area contributed by atoms with Crippen molar-refractivity contribution in [3.63, 3.8) is 0 Å². The van der Waals surface area contributed by atoms with Crippen LogP contribution in [0.15, 0.2) is 22.7 Å². The van der Waals surface area contributed by atoms with Gasteiger partial charge in [-0.2, -0.15) is 0 Å². The molecule has 1 aromatic carbocycles. The number of carbonyl (C=O) groups excluding carboxylic acids is 1. The maximum Gasteiger partial charge on any atom is 0.270 e. The summed E-state index contributed by atoms with van der Waals surface area (Å²) in [5, 5.41) is 15.8. The molecule has 0 fully saturated rings. The minimum absolute atomic E-state index is 0.00244. The Morgan fingerprint density at radius 2 is 2.25 bits per heavy atom. The van der Waals surface area contributed by atoms with Crippen molar-refractivity contribution in [2.45, 2.75) is 0 Å². The number of non-ortho nitro benzene ring substituents is 1. The molecular formula is C9H10BrN3O3. The van der Waals surface area contributed by atoms with E-state index in [9.17, 15) is 14.9 Å². The van der Waals surface area contributed by atoms with Crippen LogP contribution < -0.4 is 10.6 Å². The van der Waals surface area contributed by atoms with Crippen molar-refractivity contribution < 1.29 is 9.72 Å². The zero-order chi connectivity index (χ0) is 12.1. The van der Waals surface area contributed by atoms with Crippen LogP contribution in [0.2, 0.25) is 0 Å². The Balaban J connectivity index is 2.75. The summed E-state index contributed by atoms with van der Waals surface area (Å²) in [4.78, 5) is 21.0. The number of nitro groups is 1. The van der Waals surface area contributed by atoms with Gasteiger partial charge < -0.3 is 10.6 Å². The molecule has 0 atom stereocenters. The topological polar surface area (TPSA) is 84.3 Å². The first-order valence-corrected chi connectivity index (χ1v) is 5.22. The Hall–Kier alpha value is -1.63. The van der Waals surface area contributed by atoms with E-state index < -0.39 is 4.92 Å². The number of carbonyl (C=O) groups is 1. The lowest BCUT2D eigenvalue weighted by molar-refractivity contribution is -0.384. The molecule has 2 N–H and O–H groups in total. The molecule has 0 aromatic heterocycles. The van der Waals surface area contributed by atoms with Crippen molar-refractivity contribution in [2.24, 2.45) is 0 Å². The molecule has 1 rings (SSSR count). The number of nitro benzene ring substituents is 1. The van der Waals surface area contributed by atoms with E-state index in [4.69, 9.17) is 0 Å². The lowest BCUT2D eigenvalue weighted by Gasteiger charge is -2.07. The van der Waals surface area contributed by atoms with Crippen LogP contribution in [-0.4, -0.2) is 24.4 Å². The number of anilines is 1. The number of amides is 1. The fourth-order valence-corrected chi connectivity index (χ4v) is 1.53. The second kappa shape index (κ2) is 5.45. The highest BCUT2D eigenvalue weighted by molar-refractivity contribution is 9.10. The Bertz CT molecular complexity index is 422. The second-order valence-corrected chi connectivity index (χ2v) is 3.80. The molecule has 0 saturated carbocycles. The molecule has 0 bridgehead atoms. The van der Waals surface area contributed by atoms with E-state index in [1.807, 2.05) is 0 Å². The first kappa shape index (κ1) is 12.4. The van der Waals surface area contributed by atoms with Crippen LogP contribution in [0.4, 0.5) is 11.4 Å². The third-order valence-electron chi connectivity index (χ3n) is 1.88. The minimum Gasteiger partial charge on any atom is -0.375 e. The van der Waals surface area contributed by atoms with Gasteiger partial charge in [0.25, 0.3) is 5.69 Å². The minimum atomic E-state index is -0.479. The summed E-state index contributed by atoms with van der Waals surface area (Å²) < 4.78 is 0.547. The number of benzene rings is 1. The van der Waals surface area contributed by atoms with E-state index in [-0.39, 0.29) is 18.1 Å². The number of halogens is 1. The van der Waals surface area contributed by atoms with Crippen molar-refractivity contribution in [3.8, 4) is 0 Å². The highest BCUT2D eigenvalue weighted by Crippen LogP contribution is 2.26. The van der Waals surface area contributed by atoms with Crippen LogP contribution in [-0.2, 0) is 4.79 Å². The molecule has 1 amide bonds. The molecule has 7 heteroatoms. The molecule has 1 aromatic rings. The van der Waals surface area contributed by atoms with Crippen molar-refractivity contribution in [2.75, 3.05) is 18.9 Å². The predicted octanol–water partition coefficient (Wildman–Crippen LogP) is 1.52. The Kier molecular flexibility index (Phi) is 4.24. The summed E-state index contributed by atoms with van der Waals surface area (Å²) in [5.74, 6) is -0.162. The van der Waals surface area contributed by atoms with Gasteiger partial charge in [-0.05, 0) is 22.0 Å². The lowest BCUT2D eigenvalue weighted by Crippen LogP contribution is -2.26. The summed E-state index contributed by atoms with van der Waals surface area (Å²) in [5.41, 5.74) is 0.631. The van der Waals surface area contributed by atoms with Gasteiger partial charge in [0.2, 0.25) is 5.91 Å². The maximum absolute atomic E-state index is 11.0. The quantitative estimate of drug-likeness (QED) is 0.649. The standard InChI is InChI=1S/C9H10BrN3O3/c1-11-9(14)5-12-8-3-2-6(13(15)16)4-7(8)10/h2-4,12H,5H2,1H3,(H,11,14). The van der Waals surface area contributed by atoms with Gasteiger partial charge in [0.05, 0.1) is 11.5 Å². The summed E-state index contributed by atoms with van der Waals surface area (Å²) in [7, 11) is 1.54. The summed E-state index contributed by atoms with van der Waals surface area (Å²) in [6.07, 6.45) is 0. The SMILES string of the molecule is CNC(=O)CNc1ccc([N+](=O)[O-])cc1Br. The molecule has 0 aliphatic heterocycles. The van der Waals surface area contributed by atoms with Crippen LogP contribution in [0, 0.1) is 10.1 Å². The van der Waals surface area contributed by atoms with Gasteiger partial charge in [-0.3, -0.25) is 14.9 Å². The number of likely N-dealkylation sites (N-methyl/N-ethyl adjacent to an activating group) is 1. The van der Waals surface area contributed by atoms with Crippen LogP contribution >= 0.6 is 15.9 Å². The highest BCUT2D eigenvalue weighted by Gasteiger charge is 2.09. The van der Waals surface area contributed by atoms with E-state index in [0.29, 0.717) is 10.2 Å². The molecule has 0 saturated heterocycles. The van der Waals surface area contributed by atoms with Gasteiger partial charge in [-0.1, -0.05) is 0 Å². The van der Waals surface area contributed by atoms with Crippen molar-refractivity contribution >= 4 is 33.2 Å². The normalized spacial score (nSPS) is 9.62. The number of rotatable bonds is 4. The largest absolute Gasteiger partial charge is 0.375 e. The molecule has 0 unspecified atom stereocenters. The molecule has 16 heavy (non-hydrogen) atoms. The zero-order valence-electron chi connectivity index (χ0n) is 8.49. The fraction of sp³-hybridized carbons (Fsp3) is 0.222. The molecule has 0 aliphatic rings. The first-order valence-electron chi connectivity index (χ1n) is 4.43. The zero-order valence-corrected chi connectivity index (χ0v) is 10.1. The van der Waals surface area contributed by atoms with Gasteiger partial charge >= 0.3 is 0 Å². The van der Waals surface area contributed by atoms with Gasteiger partial charge in [-0.15, -0.1) is 0 Å². The van der Waals surface area contributed by atoms with E-state index in [1.165, 1.54) is 19.2 Å². The van der Waals surface area contributed by atoms with Gasteiger partial charge in [-0.25, -0.2) is 0 Å². The van der Waals surface area contributed by atoms with Crippen molar-refractivity contribution in [3.05, 3.63) is 32.8 Å². The van der Waals surface area contributed by atoms with Crippen molar-refractivity contribution in [1.29, 1.82) is 0 Å². The van der Waals surface area contributed by atoms with Gasteiger partial charge in [0, 0.05) is 29.3 Å². The van der Waals surface area contributed by atoms with Crippen LogP contribution in [0.3, 0.4) is 0 Å². The molecule has 0 aliphatic carbocycles. The first-order chi connectivity index (χ1) is 7.54. The number of hydrogen-bond acceptors (Lipinski definition) is 4. The maximum atomic E-state index is 11.0. The average Bonchev–Trinajstić information content (AvgIpc) is 2.26. The number of hydrogen-bond donors (Lipinski definition) is 2. The summed E-state index contributed by atoms with van der Waals surface area (Å²) in [6.45, 7) is 0.118. The highest BCUT2D eigenvalue weighted by atomic mass is 79.9. The number of nitrogens with zero attached hydrogens (tertiary/aromatic N) is 1. The van der Waals surface area contributed by atoms with E-state index in [0.717, 1.165) is 0 Å². The second-order valence-electron chi connectivity index (χ2n) is 2.95. The predicted molar refractivity (Wildman–Crippen MR) is 63.4 cm³/mol. The van der Waals surface area contributed by atoms with Crippen LogP contribution in [0.25, 0.3) is 0 Å². The van der Waals surface area contributed by atoms with Gasteiger partial charge in [0.15, 0.2) is 0 Å². The van der Waals surface area contributed by atoms with Crippen LogP contribution in [0.1, 0.15) is 0 Å². The monoisotopic (exact) mass is 287 g/mol. The van der Waals surface area contributed by atoms with E-state index in [1.54, 1.807) is 6.07 Å². The summed E-state index contributed by atoms with van der Waals surface area (Å²) >= 11 is 3.19. The smallest absolute Gasteiger partial charge is 0.270 e. The Morgan fingerprint density at radius 3 is 2.75 bits per heavy atom.